The highest BCUT2D eigenvalue weighted by Gasteiger charge is 2.18. The molecular formula is C12H20N6O3. The molecule has 0 saturated carbocycles. The van der Waals surface area contributed by atoms with Crippen LogP contribution in [0.5, 0.6) is 0 Å². The van der Waals surface area contributed by atoms with Gasteiger partial charge in [-0.2, -0.15) is 4.98 Å². The number of nitrogens with zero attached hydrogens (tertiary/aromatic N) is 3. The van der Waals surface area contributed by atoms with E-state index in [1.165, 1.54) is 0 Å². The van der Waals surface area contributed by atoms with E-state index >= 15 is 0 Å². The number of anilines is 2. The molecule has 9 heteroatoms. The first kappa shape index (κ1) is 16.6. The summed E-state index contributed by atoms with van der Waals surface area (Å²) in [5.41, 5.74) is -0.269. The zero-order valence-electron chi connectivity index (χ0n) is 12.3. The van der Waals surface area contributed by atoms with Crippen molar-refractivity contribution in [1.82, 2.24) is 15.3 Å². The van der Waals surface area contributed by atoms with Crippen LogP contribution in [0.4, 0.5) is 17.5 Å². The van der Waals surface area contributed by atoms with Gasteiger partial charge in [-0.15, -0.1) is 0 Å². The minimum atomic E-state index is -0.591. The molecule has 1 heterocycles. The van der Waals surface area contributed by atoms with Gasteiger partial charge in [-0.25, -0.2) is 4.98 Å². The molecule has 1 aromatic rings. The van der Waals surface area contributed by atoms with E-state index < -0.39 is 4.92 Å². The first-order chi connectivity index (χ1) is 9.93. The Hall–Kier alpha value is -2.45. The van der Waals surface area contributed by atoms with Crippen molar-refractivity contribution in [2.24, 2.45) is 0 Å². The number of aromatic nitrogens is 2. The van der Waals surface area contributed by atoms with Gasteiger partial charge in [0.25, 0.3) is 0 Å². The monoisotopic (exact) mass is 296 g/mol. The first-order valence-electron chi connectivity index (χ1n) is 6.72. The summed E-state index contributed by atoms with van der Waals surface area (Å²) < 4.78 is 0. The van der Waals surface area contributed by atoms with Crippen LogP contribution in [-0.2, 0) is 4.79 Å². The predicted molar refractivity (Wildman–Crippen MR) is 79.2 cm³/mol. The molecule has 0 atom stereocenters. The fourth-order valence-electron chi connectivity index (χ4n) is 1.50. The lowest BCUT2D eigenvalue weighted by Gasteiger charge is -2.10. The van der Waals surface area contributed by atoms with E-state index in [1.54, 1.807) is 0 Å². The molecule has 0 aliphatic heterocycles. The van der Waals surface area contributed by atoms with E-state index in [-0.39, 0.29) is 35.9 Å². The highest BCUT2D eigenvalue weighted by atomic mass is 16.6. The standard InChI is InChI=1S/C12H20N6O3/c1-4-5-13-12-15-6-9(18(20)21)11(17-12)14-7-10(19)16-8(2)3/h6,8H,4-5,7H2,1-3H3,(H,16,19)(H2,13,14,15,17). The number of hydrogen-bond donors (Lipinski definition) is 3. The van der Waals surface area contributed by atoms with Gasteiger partial charge in [-0.1, -0.05) is 6.92 Å². The van der Waals surface area contributed by atoms with Crippen LogP contribution in [0.2, 0.25) is 0 Å². The topological polar surface area (TPSA) is 122 Å². The molecule has 0 spiro atoms. The largest absolute Gasteiger partial charge is 0.355 e. The second-order valence-electron chi connectivity index (χ2n) is 4.69. The lowest BCUT2D eigenvalue weighted by molar-refractivity contribution is -0.384. The van der Waals surface area contributed by atoms with Crippen molar-refractivity contribution in [1.29, 1.82) is 0 Å². The maximum Gasteiger partial charge on any atom is 0.329 e. The number of carbonyl (C=O) groups excluding carboxylic acids is 1. The van der Waals surface area contributed by atoms with Crippen LogP contribution in [0.25, 0.3) is 0 Å². The Bertz CT molecular complexity index is 506. The second kappa shape index (κ2) is 7.98. The highest BCUT2D eigenvalue weighted by molar-refractivity contribution is 5.81. The van der Waals surface area contributed by atoms with E-state index in [4.69, 9.17) is 0 Å². The van der Waals surface area contributed by atoms with Crippen LogP contribution in [0.3, 0.4) is 0 Å². The molecule has 1 aromatic heterocycles. The lowest BCUT2D eigenvalue weighted by atomic mass is 10.4. The smallest absolute Gasteiger partial charge is 0.329 e. The molecule has 0 aliphatic carbocycles. The van der Waals surface area contributed by atoms with Crippen molar-refractivity contribution >= 4 is 23.4 Å². The summed E-state index contributed by atoms with van der Waals surface area (Å²) in [5, 5.41) is 19.2. The number of nitro groups is 1. The first-order valence-corrected chi connectivity index (χ1v) is 6.72. The predicted octanol–water partition coefficient (Wildman–Crippen LogP) is 1.14. The van der Waals surface area contributed by atoms with Gasteiger partial charge in [0.1, 0.15) is 6.20 Å². The maximum atomic E-state index is 11.6. The molecule has 0 saturated heterocycles. The molecule has 0 unspecified atom stereocenters. The van der Waals surface area contributed by atoms with E-state index in [1.807, 2.05) is 20.8 Å². The number of rotatable bonds is 8. The molecule has 21 heavy (non-hydrogen) atoms. The molecule has 9 nitrogen and oxygen atoms in total. The maximum absolute atomic E-state index is 11.6. The Morgan fingerprint density at radius 1 is 1.43 bits per heavy atom. The van der Waals surface area contributed by atoms with E-state index in [2.05, 4.69) is 25.9 Å². The van der Waals surface area contributed by atoms with Crippen LogP contribution in [0.1, 0.15) is 27.2 Å². The Morgan fingerprint density at radius 2 is 2.14 bits per heavy atom. The van der Waals surface area contributed by atoms with E-state index in [9.17, 15) is 14.9 Å². The zero-order chi connectivity index (χ0) is 15.8. The van der Waals surface area contributed by atoms with Crippen LogP contribution < -0.4 is 16.0 Å². The fourth-order valence-corrected chi connectivity index (χ4v) is 1.50. The molecular weight excluding hydrogens is 276 g/mol. The zero-order valence-corrected chi connectivity index (χ0v) is 12.3. The van der Waals surface area contributed by atoms with Crippen LogP contribution in [-0.4, -0.2) is 39.9 Å². The Labute approximate surface area is 122 Å². The van der Waals surface area contributed by atoms with Crippen LogP contribution in [0.15, 0.2) is 6.20 Å². The van der Waals surface area contributed by atoms with Gasteiger partial charge in [-0.3, -0.25) is 14.9 Å². The minimum absolute atomic E-state index is 0.00136. The molecule has 0 bridgehead atoms. The number of carbonyl (C=O) groups is 1. The van der Waals surface area contributed by atoms with Crippen molar-refractivity contribution in [3.63, 3.8) is 0 Å². The van der Waals surface area contributed by atoms with Gasteiger partial charge in [0, 0.05) is 12.6 Å². The molecule has 0 aromatic carbocycles. The average Bonchev–Trinajstić information content (AvgIpc) is 2.42. The summed E-state index contributed by atoms with van der Waals surface area (Å²) in [6, 6.07) is 0.00136. The van der Waals surface area contributed by atoms with Gasteiger partial charge in [0.05, 0.1) is 11.5 Å². The summed E-state index contributed by atoms with van der Waals surface area (Å²) in [4.78, 5) is 29.8. The average molecular weight is 296 g/mol. The van der Waals surface area contributed by atoms with Gasteiger partial charge >= 0.3 is 5.69 Å². The molecule has 116 valence electrons. The van der Waals surface area contributed by atoms with Gasteiger partial charge < -0.3 is 16.0 Å². The third-order valence-electron chi connectivity index (χ3n) is 2.37. The summed E-state index contributed by atoms with van der Waals surface area (Å²) in [6.45, 7) is 6.21. The highest BCUT2D eigenvalue weighted by Crippen LogP contribution is 2.21. The molecule has 0 radical (unpaired) electrons. The lowest BCUT2D eigenvalue weighted by Crippen LogP contribution is -2.35. The van der Waals surface area contributed by atoms with Gasteiger partial charge in [-0.05, 0) is 20.3 Å². The van der Waals surface area contributed by atoms with Crippen LogP contribution >= 0.6 is 0 Å². The third kappa shape index (κ3) is 5.59. The molecule has 3 N–H and O–H groups in total. The Morgan fingerprint density at radius 3 is 2.71 bits per heavy atom. The van der Waals surface area contributed by atoms with Crippen molar-refractivity contribution in [2.75, 3.05) is 23.7 Å². The van der Waals surface area contributed by atoms with Crippen molar-refractivity contribution < 1.29 is 9.72 Å². The summed E-state index contributed by atoms with van der Waals surface area (Å²) in [6.07, 6.45) is 1.99. The number of hydrogen-bond acceptors (Lipinski definition) is 7. The fraction of sp³-hybridized carbons (Fsp3) is 0.583. The SMILES string of the molecule is CCCNc1ncc([N+](=O)[O-])c(NCC(=O)NC(C)C)n1. The Kier molecular flexibility index (Phi) is 6.31. The molecule has 0 aliphatic rings. The third-order valence-corrected chi connectivity index (χ3v) is 2.37. The van der Waals surface area contributed by atoms with Gasteiger partial charge in [0.15, 0.2) is 0 Å². The molecule has 0 fully saturated rings. The number of nitrogens with one attached hydrogen (secondary N) is 3. The van der Waals surface area contributed by atoms with Crippen molar-refractivity contribution in [3.8, 4) is 0 Å². The van der Waals surface area contributed by atoms with Crippen LogP contribution in [0, 0.1) is 10.1 Å². The van der Waals surface area contributed by atoms with Gasteiger partial charge in [0.2, 0.25) is 17.7 Å². The molecule has 1 amide bonds. The van der Waals surface area contributed by atoms with Crippen molar-refractivity contribution in [3.05, 3.63) is 16.3 Å². The normalized spacial score (nSPS) is 10.3. The van der Waals surface area contributed by atoms with Crippen molar-refractivity contribution in [2.45, 2.75) is 33.2 Å². The Balaban J connectivity index is 2.80. The van der Waals surface area contributed by atoms with E-state index in [0.717, 1.165) is 12.6 Å². The minimum Gasteiger partial charge on any atom is -0.355 e. The summed E-state index contributed by atoms with van der Waals surface area (Å²) in [7, 11) is 0. The molecule has 1 rings (SSSR count). The summed E-state index contributed by atoms with van der Waals surface area (Å²) >= 11 is 0. The second-order valence-corrected chi connectivity index (χ2v) is 4.69. The van der Waals surface area contributed by atoms with E-state index in [0.29, 0.717) is 6.54 Å². The quantitative estimate of drug-likeness (QED) is 0.485. The number of amides is 1. The summed E-state index contributed by atoms with van der Waals surface area (Å²) in [5.74, 6) is 0.0442.